The van der Waals surface area contributed by atoms with Crippen LogP contribution in [0.4, 0.5) is 0 Å². The van der Waals surface area contributed by atoms with E-state index in [1.165, 1.54) is 0 Å². The van der Waals surface area contributed by atoms with Crippen molar-refractivity contribution in [2.75, 3.05) is 0 Å². The topological polar surface area (TPSA) is 48.0 Å². The minimum atomic E-state index is -0.372. The van der Waals surface area contributed by atoms with Gasteiger partial charge in [0.15, 0.2) is 0 Å². The van der Waals surface area contributed by atoms with Crippen molar-refractivity contribution in [3.8, 4) is 0 Å². The van der Waals surface area contributed by atoms with E-state index in [0.29, 0.717) is 5.69 Å². The van der Waals surface area contributed by atoms with Crippen molar-refractivity contribution in [1.29, 1.82) is 0 Å². The number of primary amides is 1. The number of nitrogens with zero attached hydrogens (tertiary/aromatic N) is 1. The number of halogens is 1. The Hall–Kier alpha value is -1.48. The molecule has 0 saturated heterocycles. The zero-order valence-corrected chi connectivity index (χ0v) is 9.25. The third kappa shape index (κ3) is 1.83. The van der Waals surface area contributed by atoms with Crippen molar-refractivity contribution in [3.63, 3.8) is 0 Å². The molecule has 1 aromatic carbocycles. The van der Waals surface area contributed by atoms with Crippen LogP contribution >= 0.6 is 12.4 Å². The lowest BCUT2D eigenvalue weighted by Crippen LogP contribution is -2.16. The first kappa shape index (κ1) is 11.6. The van der Waals surface area contributed by atoms with Gasteiger partial charge in [-0.1, -0.05) is 18.2 Å². The number of nitrogens with two attached hydrogens (primary N) is 1. The quantitative estimate of drug-likeness (QED) is 0.835. The summed E-state index contributed by atoms with van der Waals surface area (Å²) in [4.78, 5) is 11.2. The maximum absolute atomic E-state index is 11.2. The molecule has 1 amide bonds. The Morgan fingerprint density at radius 3 is 2.67 bits per heavy atom. The van der Waals surface area contributed by atoms with E-state index >= 15 is 0 Å². The molecule has 2 aromatic rings. The number of amides is 1. The van der Waals surface area contributed by atoms with Crippen LogP contribution in [0.1, 0.15) is 17.4 Å². The standard InChI is InChI=1S/C11H12N2O.ClH/c1-2-13-9-6-4-3-5-8(9)7-10(13)11(12)14;/h3-7H,2H2,1H3,(H2,12,14);1H. The van der Waals surface area contributed by atoms with E-state index in [0.717, 1.165) is 17.4 Å². The van der Waals surface area contributed by atoms with E-state index in [-0.39, 0.29) is 18.3 Å². The number of rotatable bonds is 2. The van der Waals surface area contributed by atoms with E-state index in [1.54, 1.807) is 0 Å². The smallest absolute Gasteiger partial charge is 0.265 e. The van der Waals surface area contributed by atoms with E-state index < -0.39 is 0 Å². The first-order valence-corrected chi connectivity index (χ1v) is 4.62. The number of fused-ring (bicyclic) bond motifs is 1. The van der Waals surface area contributed by atoms with Gasteiger partial charge in [-0.15, -0.1) is 12.4 Å². The molecule has 0 aliphatic rings. The summed E-state index contributed by atoms with van der Waals surface area (Å²) in [6.07, 6.45) is 0. The number of hydrogen-bond acceptors (Lipinski definition) is 1. The van der Waals surface area contributed by atoms with Crippen molar-refractivity contribution < 1.29 is 4.79 Å². The molecule has 3 nitrogen and oxygen atoms in total. The summed E-state index contributed by atoms with van der Waals surface area (Å²) in [5.74, 6) is -0.372. The average Bonchev–Trinajstić information content (AvgIpc) is 2.56. The molecule has 4 heteroatoms. The Balaban J connectivity index is 0.00000112. The molecule has 0 aliphatic heterocycles. The molecule has 0 fully saturated rings. The zero-order chi connectivity index (χ0) is 10.1. The lowest BCUT2D eigenvalue weighted by atomic mass is 10.2. The second-order valence-electron chi connectivity index (χ2n) is 3.20. The Morgan fingerprint density at radius 2 is 2.07 bits per heavy atom. The van der Waals surface area contributed by atoms with Gasteiger partial charge in [0.2, 0.25) is 0 Å². The highest BCUT2D eigenvalue weighted by Crippen LogP contribution is 2.19. The van der Waals surface area contributed by atoms with Crippen molar-refractivity contribution >= 4 is 29.2 Å². The fourth-order valence-corrected chi connectivity index (χ4v) is 1.76. The summed E-state index contributed by atoms with van der Waals surface area (Å²) in [5, 5.41) is 1.06. The number of carbonyl (C=O) groups excluding carboxylic acids is 1. The second-order valence-corrected chi connectivity index (χ2v) is 3.20. The van der Waals surface area contributed by atoms with Crippen LogP contribution in [0, 0.1) is 0 Å². The third-order valence-corrected chi connectivity index (χ3v) is 2.38. The number of hydrogen-bond donors (Lipinski definition) is 1. The monoisotopic (exact) mass is 224 g/mol. The fourth-order valence-electron chi connectivity index (χ4n) is 1.76. The Bertz CT molecular complexity index is 490. The Labute approximate surface area is 94.3 Å². The van der Waals surface area contributed by atoms with Crippen LogP contribution in [0.3, 0.4) is 0 Å². The number of benzene rings is 1. The van der Waals surface area contributed by atoms with Gasteiger partial charge in [-0.25, -0.2) is 0 Å². The molecule has 0 radical (unpaired) electrons. The SMILES string of the molecule is CCn1c(C(N)=O)cc2ccccc21.Cl. The summed E-state index contributed by atoms with van der Waals surface area (Å²) >= 11 is 0. The van der Waals surface area contributed by atoms with E-state index in [9.17, 15) is 4.79 Å². The van der Waals surface area contributed by atoms with Crippen LogP contribution in [-0.2, 0) is 6.54 Å². The molecular weight excluding hydrogens is 212 g/mol. The third-order valence-electron chi connectivity index (χ3n) is 2.38. The predicted octanol–water partition coefficient (Wildman–Crippen LogP) is 2.18. The second kappa shape index (κ2) is 4.36. The van der Waals surface area contributed by atoms with E-state index in [1.807, 2.05) is 41.8 Å². The maximum Gasteiger partial charge on any atom is 0.265 e. The largest absolute Gasteiger partial charge is 0.364 e. The molecule has 1 aromatic heterocycles. The summed E-state index contributed by atoms with van der Waals surface area (Å²) in [7, 11) is 0. The number of aryl methyl sites for hydroxylation is 1. The molecule has 0 aliphatic carbocycles. The van der Waals surface area contributed by atoms with Crippen LogP contribution in [0.25, 0.3) is 10.9 Å². The van der Waals surface area contributed by atoms with Gasteiger partial charge in [0.05, 0.1) is 0 Å². The minimum absolute atomic E-state index is 0. The maximum atomic E-state index is 11.2. The first-order valence-electron chi connectivity index (χ1n) is 4.62. The van der Waals surface area contributed by atoms with Crippen LogP contribution < -0.4 is 5.73 Å². The van der Waals surface area contributed by atoms with Crippen LogP contribution in [0.5, 0.6) is 0 Å². The summed E-state index contributed by atoms with van der Waals surface area (Å²) in [6, 6.07) is 9.72. The van der Waals surface area contributed by atoms with Gasteiger partial charge in [0, 0.05) is 17.4 Å². The molecule has 2 N–H and O–H groups in total. The molecule has 0 spiro atoms. The van der Waals surface area contributed by atoms with Gasteiger partial charge in [0.1, 0.15) is 5.69 Å². The molecule has 2 rings (SSSR count). The zero-order valence-electron chi connectivity index (χ0n) is 8.43. The molecule has 80 valence electrons. The van der Waals surface area contributed by atoms with Crippen LogP contribution in [0.15, 0.2) is 30.3 Å². The average molecular weight is 225 g/mol. The van der Waals surface area contributed by atoms with Crippen LogP contribution in [0.2, 0.25) is 0 Å². The number of aromatic nitrogens is 1. The molecule has 0 saturated carbocycles. The van der Waals surface area contributed by atoms with Crippen molar-refractivity contribution in [2.24, 2.45) is 5.73 Å². The van der Waals surface area contributed by atoms with Crippen molar-refractivity contribution in [3.05, 3.63) is 36.0 Å². The van der Waals surface area contributed by atoms with Gasteiger partial charge < -0.3 is 10.3 Å². The lowest BCUT2D eigenvalue weighted by molar-refractivity contribution is 0.0992. The summed E-state index contributed by atoms with van der Waals surface area (Å²) in [5.41, 5.74) is 6.93. The highest BCUT2D eigenvalue weighted by atomic mass is 35.5. The number of para-hydroxylation sites is 1. The molecule has 0 bridgehead atoms. The van der Waals surface area contributed by atoms with Gasteiger partial charge in [-0.05, 0) is 19.1 Å². The predicted molar refractivity (Wildman–Crippen MR) is 63.4 cm³/mol. The van der Waals surface area contributed by atoms with E-state index in [2.05, 4.69) is 0 Å². The molecule has 15 heavy (non-hydrogen) atoms. The van der Waals surface area contributed by atoms with Gasteiger partial charge in [0.25, 0.3) is 5.91 Å². The molecule has 0 unspecified atom stereocenters. The summed E-state index contributed by atoms with van der Waals surface area (Å²) < 4.78 is 1.93. The molecule has 1 heterocycles. The van der Waals surface area contributed by atoms with Gasteiger partial charge >= 0.3 is 0 Å². The van der Waals surface area contributed by atoms with Crippen LogP contribution in [-0.4, -0.2) is 10.5 Å². The minimum Gasteiger partial charge on any atom is -0.364 e. The Kier molecular flexibility index (Phi) is 3.37. The van der Waals surface area contributed by atoms with Crippen molar-refractivity contribution in [1.82, 2.24) is 4.57 Å². The van der Waals surface area contributed by atoms with Gasteiger partial charge in [-0.3, -0.25) is 4.79 Å². The molecular formula is C11H13ClN2O. The normalized spacial score (nSPS) is 9.93. The molecule has 0 atom stereocenters. The van der Waals surface area contributed by atoms with Crippen molar-refractivity contribution in [2.45, 2.75) is 13.5 Å². The fraction of sp³-hybridized carbons (Fsp3) is 0.182. The van der Waals surface area contributed by atoms with E-state index in [4.69, 9.17) is 5.73 Å². The highest BCUT2D eigenvalue weighted by Gasteiger charge is 2.10. The first-order chi connectivity index (χ1) is 6.74. The summed E-state index contributed by atoms with van der Waals surface area (Å²) in [6.45, 7) is 2.75. The number of carbonyl (C=O) groups is 1. The highest BCUT2D eigenvalue weighted by molar-refractivity contribution is 5.97. The lowest BCUT2D eigenvalue weighted by Gasteiger charge is -2.03. The van der Waals surface area contributed by atoms with Gasteiger partial charge in [-0.2, -0.15) is 0 Å². The Morgan fingerprint density at radius 1 is 1.40 bits per heavy atom.